The van der Waals surface area contributed by atoms with Crippen LogP contribution in [0.1, 0.15) is 25.5 Å². The van der Waals surface area contributed by atoms with Crippen molar-refractivity contribution in [1.82, 2.24) is 0 Å². The minimum atomic E-state index is 0.0314. The molecule has 2 heteroatoms. The molecule has 0 amide bonds. The summed E-state index contributed by atoms with van der Waals surface area (Å²) in [4.78, 5) is 2.26. The van der Waals surface area contributed by atoms with E-state index >= 15 is 0 Å². The predicted octanol–water partition coefficient (Wildman–Crippen LogP) is 1.91. The van der Waals surface area contributed by atoms with Gasteiger partial charge >= 0.3 is 0 Å². The second-order valence-electron chi connectivity index (χ2n) is 4.25. The molecule has 0 aromatic heterocycles. The molecule has 1 aromatic carbocycles. The Morgan fingerprint density at radius 3 is 2.54 bits per heavy atom. The van der Waals surface area contributed by atoms with Crippen LogP contribution in [0.25, 0.3) is 0 Å². The van der Waals surface area contributed by atoms with Gasteiger partial charge < -0.3 is 10.6 Å². The normalized spacial score (nSPS) is 24.6. The molecule has 13 heavy (non-hydrogen) atoms. The molecular weight excluding hydrogens is 160 g/mol. The third kappa shape index (κ3) is 0.985. The van der Waals surface area contributed by atoms with Crippen molar-refractivity contribution >= 4 is 5.69 Å². The zero-order valence-electron chi connectivity index (χ0n) is 8.41. The highest BCUT2D eigenvalue weighted by molar-refractivity contribution is 5.62. The van der Waals surface area contributed by atoms with Crippen LogP contribution in [0.2, 0.25) is 0 Å². The van der Waals surface area contributed by atoms with Gasteiger partial charge in [0.1, 0.15) is 0 Å². The third-order valence-corrected chi connectivity index (χ3v) is 3.26. The number of nitrogens with zero attached hydrogens (tertiary/aromatic N) is 1. The Labute approximate surface area is 79.4 Å². The summed E-state index contributed by atoms with van der Waals surface area (Å²) < 4.78 is 0. The summed E-state index contributed by atoms with van der Waals surface area (Å²) in [7, 11) is 2.10. The van der Waals surface area contributed by atoms with Crippen molar-refractivity contribution in [3.8, 4) is 0 Å². The lowest BCUT2D eigenvalue weighted by Gasteiger charge is -2.33. The van der Waals surface area contributed by atoms with E-state index in [-0.39, 0.29) is 11.6 Å². The van der Waals surface area contributed by atoms with E-state index < -0.39 is 0 Å². The number of fused-ring (bicyclic) bond motifs is 1. The third-order valence-electron chi connectivity index (χ3n) is 3.26. The number of rotatable bonds is 0. The molecule has 2 N–H and O–H groups in total. The van der Waals surface area contributed by atoms with Crippen LogP contribution in [0.4, 0.5) is 5.69 Å². The highest BCUT2D eigenvalue weighted by Crippen LogP contribution is 2.43. The van der Waals surface area contributed by atoms with E-state index in [2.05, 4.69) is 44.0 Å². The second-order valence-corrected chi connectivity index (χ2v) is 4.25. The van der Waals surface area contributed by atoms with Gasteiger partial charge in [-0.15, -0.1) is 0 Å². The highest BCUT2D eigenvalue weighted by Gasteiger charge is 2.40. The van der Waals surface area contributed by atoms with Crippen molar-refractivity contribution in [1.29, 1.82) is 0 Å². The molecule has 0 spiro atoms. The molecule has 0 radical (unpaired) electrons. The molecule has 1 atom stereocenters. The van der Waals surface area contributed by atoms with Gasteiger partial charge in [-0.05, 0) is 25.5 Å². The summed E-state index contributed by atoms with van der Waals surface area (Å²) in [5.41, 5.74) is 8.73. The number of nitrogens with two attached hydrogens (primary N) is 1. The molecule has 0 unspecified atom stereocenters. The standard InChI is InChI=1S/C11H16N2/c1-11(2)10(12)8-6-4-5-7-9(8)13(11)3/h4-7,10H,12H2,1-3H3/t10-/m1/s1. The first-order chi connectivity index (χ1) is 6.05. The summed E-state index contributed by atoms with van der Waals surface area (Å²) in [6.45, 7) is 4.36. The first-order valence-corrected chi connectivity index (χ1v) is 4.63. The van der Waals surface area contributed by atoms with E-state index in [1.807, 2.05) is 6.07 Å². The van der Waals surface area contributed by atoms with E-state index in [0.29, 0.717) is 0 Å². The van der Waals surface area contributed by atoms with E-state index in [1.54, 1.807) is 0 Å². The molecule has 0 bridgehead atoms. The van der Waals surface area contributed by atoms with Gasteiger partial charge in [-0.25, -0.2) is 0 Å². The Bertz CT molecular complexity index is 300. The van der Waals surface area contributed by atoms with Crippen molar-refractivity contribution in [2.75, 3.05) is 11.9 Å². The SMILES string of the molecule is CN1c2ccccc2[C@@H](N)C1(C)C. The molecule has 1 aromatic rings. The molecule has 1 heterocycles. The lowest BCUT2D eigenvalue weighted by atomic mass is 9.94. The lowest BCUT2D eigenvalue weighted by Crippen LogP contribution is -2.43. The van der Waals surface area contributed by atoms with Crippen LogP contribution >= 0.6 is 0 Å². The average Bonchev–Trinajstić information content (AvgIpc) is 2.30. The van der Waals surface area contributed by atoms with Crippen molar-refractivity contribution < 1.29 is 0 Å². The van der Waals surface area contributed by atoms with Crippen LogP contribution in [0.15, 0.2) is 24.3 Å². The van der Waals surface area contributed by atoms with E-state index in [0.717, 1.165) is 0 Å². The van der Waals surface area contributed by atoms with Gasteiger partial charge in [0.25, 0.3) is 0 Å². The molecule has 0 saturated heterocycles. The van der Waals surface area contributed by atoms with Gasteiger partial charge in [-0.1, -0.05) is 18.2 Å². The van der Waals surface area contributed by atoms with E-state index in [9.17, 15) is 0 Å². The molecule has 0 aliphatic carbocycles. The van der Waals surface area contributed by atoms with Crippen molar-refractivity contribution in [2.24, 2.45) is 5.73 Å². The van der Waals surface area contributed by atoms with Crippen molar-refractivity contribution in [2.45, 2.75) is 25.4 Å². The maximum absolute atomic E-state index is 6.17. The van der Waals surface area contributed by atoms with Crippen LogP contribution in [0.3, 0.4) is 0 Å². The second kappa shape index (κ2) is 2.48. The predicted molar refractivity (Wildman–Crippen MR) is 55.9 cm³/mol. The topological polar surface area (TPSA) is 29.3 Å². The van der Waals surface area contributed by atoms with Crippen molar-refractivity contribution in [3.05, 3.63) is 29.8 Å². The maximum Gasteiger partial charge on any atom is 0.0546 e. The van der Waals surface area contributed by atoms with Crippen LogP contribution in [0, 0.1) is 0 Å². The monoisotopic (exact) mass is 176 g/mol. The molecule has 1 aliphatic heterocycles. The molecule has 2 rings (SSSR count). The minimum Gasteiger partial charge on any atom is -0.367 e. The minimum absolute atomic E-state index is 0.0314. The summed E-state index contributed by atoms with van der Waals surface area (Å²) in [6.07, 6.45) is 0. The molecule has 0 fully saturated rings. The van der Waals surface area contributed by atoms with Crippen LogP contribution in [-0.2, 0) is 0 Å². The number of anilines is 1. The number of hydrogen-bond donors (Lipinski definition) is 1. The number of para-hydroxylation sites is 1. The smallest absolute Gasteiger partial charge is 0.0546 e. The zero-order chi connectivity index (χ0) is 9.64. The molecule has 70 valence electrons. The first-order valence-electron chi connectivity index (χ1n) is 4.63. The van der Waals surface area contributed by atoms with Gasteiger partial charge in [-0.2, -0.15) is 0 Å². The van der Waals surface area contributed by atoms with Gasteiger partial charge in [0.15, 0.2) is 0 Å². The molecule has 2 nitrogen and oxygen atoms in total. The Morgan fingerprint density at radius 1 is 1.31 bits per heavy atom. The largest absolute Gasteiger partial charge is 0.367 e. The summed E-state index contributed by atoms with van der Waals surface area (Å²) in [6, 6.07) is 8.47. The molecule has 0 saturated carbocycles. The zero-order valence-corrected chi connectivity index (χ0v) is 8.41. The van der Waals surface area contributed by atoms with Crippen LogP contribution < -0.4 is 10.6 Å². The first kappa shape index (κ1) is 8.57. The van der Waals surface area contributed by atoms with Gasteiger partial charge in [-0.3, -0.25) is 0 Å². The Kier molecular flexibility index (Phi) is 1.64. The van der Waals surface area contributed by atoms with Gasteiger partial charge in [0.05, 0.1) is 11.6 Å². The Morgan fingerprint density at radius 2 is 1.92 bits per heavy atom. The van der Waals surface area contributed by atoms with Crippen LogP contribution in [-0.4, -0.2) is 12.6 Å². The fourth-order valence-corrected chi connectivity index (χ4v) is 1.96. The van der Waals surface area contributed by atoms with E-state index in [1.165, 1.54) is 11.3 Å². The fraction of sp³-hybridized carbons (Fsp3) is 0.455. The number of likely N-dealkylation sites (N-methyl/N-ethyl adjacent to an activating group) is 1. The van der Waals surface area contributed by atoms with Crippen molar-refractivity contribution in [3.63, 3.8) is 0 Å². The molecular formula is C11H16N2. The van der Waals surface area contributed by atoms with Gasteiger partial charge in [0.2, 0.25) is 0 Å². The number of hydrogen-bond acceptors (Lipinski definition) is 2. The Hall–Kier alpha value is -1.02. The summed E-state index contributed by atoms with van der Waals surface area (Å²) >= 11 is 0. The number of benzene rings is 1. The Balaban J connectivity index is 2.57. The van der Waals surface area contributed by atoms with E-state index in [4.69, 9.17) is 5.73 Å². The summed E-state index contributed by atoms with van der Waals surface area (Å²) in [5.74, 6) is 0. The maximum atomic E-state index is 6.17. The lowest BCUT2D eigenvalue weighted by molar-refractivity contribution is 0.430. The average molecular weight is 176 g/mol. The van der Waals surface area contributed by atoms with Gasteiger partial charge in [0, 0.05) is 12.7 Å². The molecule has 1 aliphatic rings. The summed E-state index contributed by atoms with van der Waals surface area (Å²) in [5, 5.41) is 0. The van der Waals surface area contributed by atoms with Crippen LogP contribution in [0.5, 0.6) is 0 Å². The highest BCUT2D eigenvalue weighted by atomic mass is 15.2. The fourth-order valence-electron chi connectivity index (χ4n) is 1.96. The quantitative estimate of drug-likeness (QED) is 0.654.